The predicted molar refractivity (Wildman–Crippen MR) is 212 cm³/mol. The lowest BCUT2D eigenvalue weighted by Gasteiger charge is -2.23. The Morgan fingerprint density at radius 3 is 2.33 bits per heavy atom. The van der Waals surface area contributed by atoms with Gasteiger partial charge in [-0.1, -0.05) is 110 Å². The molecule has 0 saturated carbocycles. The third-order valence-corrected chi connectivity index (χ3v) is 8.81. The number of hydrogen-bond donors (Lipinski definition) is 3. The molecule has 0 aliphatic carbocycles. The van der Waals surface area contributed by atoms with Gasteiger partial charge < -0.3 is 24.8 Å². The van der Waals surface area contributed by atoms with E-state index < -0.39 is 41.0 Å². The highest BCUT2D eigenvalue weighted by Gasteiger charge is 2.23. The maximum absolute atomic E-state index is 13.4. The van der Waals surface area contributed by atoms with E-state index >= 15 is 0 Å². The van der Waals surface area contributed by atoms with Crippen LogP contribution in [0.4, 0.5) is 0 Å². The second kappa shape index (κ2) is 25.8. The zero-order valence-corrected chi connectivity index (χ0v) is 33.9. The van der Waals surface area contributed by atoms with E-state index in [-0.39, 0.29) is 37.0 Å². The van der Waals surface area contributed by atoms with Gasteiger partial charge in [0.25, 0.3) is 0 Å². The molecule has 6 atom stereocenters. The summed E-state index contributed by atoms with van der Waals surface area (Å²) in [6.45, 7) is 12.7. The van der Waals surface area contributed by atoms with Crippen LogP contribution >= 0.6 is 0 Å². The number of esters is 1. The smallest absolute Gasteiger partial charge is 0.397 e. The van der Waals surface area contributed by atoms with Gasteiger partial charge in [0.05, 0.1) is 18.8 Å². The molecule has 0 spiro atoms. The normalized spacial score (nSPS) is 29.3. The topological polar surface area (TPSA) is 167 Å². The van der Waals surface area contributed by atoms with Crippen molar-refractivity contribution in [3.63, 3.8) is 0 Å². The number of cyclic esters (lactones) is 1. The number of amides is 2. The van der Waals surface area contributed by atoms with Gasteiger partial charge in [-0.15, -0.1) is 0 Å². The first-order valence-electron chi connectivity index (χ1n) is 17.9. The van der Waals surface area contributed by atoms with Gasteiger partial charge in [0, 0.05) is 32.3 Å². The summed E-state index contributed by atoms with van der Waals surface area (Å²) in [7, 11) is -1.43. The highest BCUT2D eigenvalue weighted by Crippen LogP contribution is 2.21. The van der Waals surface area contributed by atoms with Gasteiger partial charge in [0.15, 0.2) is 0 Å². The van der Waals surface area contributed by atoms with Gasteiger partial charge in [0.2, 0.25) is 12.3 Å². The van der Waals surface area contributed by atoms with Crippen molar-refractivity contribution in [3.8, 4) is 0 Å². The minimum absolute atomic E-state index is 0.0480. The van der Waals surface area contributed by atoms with Crippen LogP contribution in [0.5, 0.6) is 0 Å². The van der Waals surface area contributed by atoms with Crippen molar-refractivity contribution < 1.29 is 45.7 Å². The third-order valence-electron chi connectivity index (χ3n) is 8.37. The lowest BCUT2D eigenvalue weighted by Crippen LogP contribution is -2.47. The Kier molecular flexibility index (Phi) is 22.9. The van der Waals surface area contributed by atoms with E-state index in [4.69, 9.17) is 18.8 Å². The molecular formula is C41H60N2O10S. The van der Waals surface area contributed by atoms with Crippen LogP contribution < -0.4 is 10.6 Å². The molecule has 0 bridgehead atoms. The summed E-state index contributed by atoms with van der Waals surface area (Å²) in [4.78, 5) is 36.9. The summed E-state index contributed by atoms with van der Waals surface area (Å²) in [5.41, 5.74) is 4.14. The number of hydrogen-bond acceptors (Lipinski definition) is 9. The summed E-state index contributed by atoms with van der Waals surface area (Å²) in [5, 5.41) is 4.74. The molecular weight excluding hydrogens is 713 g/mol. The van der Waals surface area contributed by atoms with Crippen molar-refractivity contribution in [1.82, 2.24) is 10.6 Å². The van der Waals surface area contributed by atoms with Crippen LogP contribution in [0, 0.1) is 11.8 Å². The van der Waals surface area contributed by atoms with E-state index in [0.717, 1.165) is 30.4 Å². The molecule has 0 saturated heterocycles. The molecule has 0 aromatic carbocycles. The Balaban J connectivity index is 3.38. The van der Waals surface area contributed by atoms with Crippen molar-refractivity contribution in [2.45, 2.75) is 92.1 Å². The lowest BCUT2D eigenvalue weighted by molar-refractivity contribution is -0.144. The standard InChI is InChI=1S/C41H60N2O10S/c1-29-14-12-18-36(50-8)17-11-10-16-33(5)39(34(6)23-22-32(4)26-42-40(45)38(43-28-44)27-52-54(47,48)49)53-41(46)35(7)24-30(2)20-21-31(3)25-37(51-9)19-13-15-29/h10-11,13-17,20-25,28,30,33,36-39H,12,18-19,26-27H2,1-9H3,(H,42,45)(H,43,44)(H,47,48,49)/b15-13+,16-10+,17-11+,21-20+,29-14+,31-25+,32-22+,34-23+,35-24+/t30?,33?,36?,37?,38-,39?/m0/s1. The van der Waals surface area contributed by atoms with E-state index in [1.165, 1.54) is 5.57 Å². The van der Waals surface area contributed by atoms with Crippen molar-refractivity contribution in [2.24, 2.45) is 11.8 Å². The quantitative estimate of drug-likeness (QED) is 0.0876. The molecule has 2 amide bonds. The van der Waals surface area contributed by atoms with Crippen molar-refractivity contribution in [1.29, 1.82) is 0 Å². The van der Waals surface area contributed by atoms with Gasteiger partial charge in [-0.25, -0.2) is 8.98 Å². The Morgan fingerprint density at radius 1 is 1.00 bits per heavy atom. The molecule has 54 heavy (non-hydrogen) atoms. The second-order valence-electron chi connectivity index (χ2n) is 13.3. The van der Waals surface area contributed by atoms with Crippen LogP contribution in [0.3, 0.4) is 0 Å². The van der Waals surface area contributed by atoms with Gasteiger partial charge in [-0.2, -0.15) is 8.42 Å². The third kappa shape index (κ3) is 20.9. The molecule has 0 aromatic rings. The molecule has 300 valence electrons. The van der Waals surface area contributed by atoms with Crippen LogP contribution in [0.25, 0.3) is 0 Å². The lowest BCUT2D eigenvalue weighted by atomic mass is 9.96. The second-order valence-corrected chi connectivity index (χ2v) is 14.4. The minimum atomic E-state index is -4.81. The molecule has 0 fully saturated rings. The first kappa shape index (κ1) is 47.9. The van der Waals surface area contributed by atoms with Crippen LogP contribution in [0.1, 0.15) is 67.7 Å². The van der Waals surface area contributed by atoms with Gasteiger partial charge in [-0.3, -0.25) is 14.1 Å². The maximum atomic E-state index is 13.4. The number of carbonyl (C=O) groups is 3. The zero-order chi connectivity index (χ0) is 40.7. The van der Waals surface area contributed by atoms with Gasteiger partial charge in [0.1, 0.15) is 12.1 Å². The average Bonchev–Trinajstić information content (AvgIpc) is 3.11. The van der Waals surface area contributed by atoms with Crippen molar-refractivity contribution in [3.05, 3.63) is 107 Å². The summed E-state index contributed by atoms with van der Waals surface area (Å²) in [6.07, 6.45) is 27.6. The molecule has 0 radical (unpaired) electrons. The van der Waals surface area contributed by atoms with Crippen molar-refractivity contribution >= 4 is 28.7 Å². The summed E-state index contributed by atoms with van der Waals surface area (Å²) >= 11 is 0. The first-order valence-corrected chi connectivity index (χ1v) is 19.3. The molecule has 5 unspecified atom stereocenters. The number of nitrogens with one attached hydrogen (secondary N) is 2. The highest BCUT2D eigenvalue weighted by molar-refractivity contribution is 7.80. The predicted octanol–water partition coefficient (Wildman–Crippen LogP) is 6.39. The van der Waals surface area contributed by atoms with E-state index in [9.17, 15) is 22.8 Å². The van der Waals surface area contributed by atoms with Crippen LogP contribution in [0.15, 0.2) is 107 Å². The fraction of sp³-hybridized carbons (Fsp3) is 0.488. The molecule has 12 nitrogen and oxygen atoms in total. The molecule has 3 N–H and O–H groups in total. The Morgan fingerprint density at radius 2 is 1.69 bits per heavy atom. The number of ether oxygens (including phenoxy) is 3. The molecule has 1 aliphatic rings. The maximum Gasteiger partial charge on any atom is 0.397 e. The molecule has 13 heteroatoms. The number of methoxy groups -OCH3 is 2. The van der Waals surface area contributed by atoms with E-state index in [1.807, 2.05) is 70.2 Å². The van der Waals surface area contributed by atoms with Crippen LogP contribution in [0.2, 0.25) is 0 Å². The zero-order valence-electron chi connectivity index (χ0n) is 33.1. The van der Waals surface area contributed by atoms with Crippen LogP contribution in [-0.4, -0.2) is 83.0 Å². The molecule has 1 rings (SSSR count). The van der Waals surface area contributed by atoms with Crippen molar-refractivity contribution in [2.75, 3.05) is 27.4 Å². The van der Waals surface area contributed by atoms with Crippen LogP contribution in [-0.2, 0) is 43.2 Å². The fourth-order valence-electron chi connectivity index (χ4n) is 5.19. The van der Waals surface area contributed by atoms with Gasteiger partial charge >= 0.3 is 16.4 Å². The van der Waals surface area contributed by atoms with Gasteiger partial charge in [-0.05, 0) is 65.4 Å². The summed E-state index contributed by atoms with van der Waals surface area (Å²) in [5.74, 6) is -1.44. The minimum Gasteiger partial charge on any atom is -0.454 e. The number of rotatable bonds is 12. The first-order chi connectivity index (χ1) is 25.5. The SMILES string of the molecule is COC1/C=C(C)/C=C/C(C)/C=C(\C)C(=O)OC(/C(C)=C/C=C(\C)CNC(=O)[C@H](COS(=O)(=O)O)NC=O)C(C)/C=C/C=C/C(OC)CC/C=C(C)/C=C/C1. The largest absolute Gasteiger partial charge is 0.454 e. The molecule has 1 aliphatic heterocycles. The summed E-state index contributed by atoms with van der Waals surface area (Å²) in [6, 6.07) is -1.35. The van der Waals surface area contributed by atoms with E-state index in [2.05, 4.69) is 46.0 Å². The monoisotopic (exact) mass is 772 g/mol. The van der Waals surface area contributed by atoms with E-state index in [0.29, 0.717) is 11.1 Å². The summed E-state index contributed by atoms with van der Waals surface area (Å²) < 4.78 is 52.3. The average molecular weight is 773 g/mol. The Bertz CT molecular complexity index is 1610. The fourth-order valence-corrected chi connectivity index (χ4v) is 5.50. The van der Waals surface area contributed by atoms with E-state index in [1.54, 1.807) is 40.2 Å². The number of allylic oxidation sites excluding steroid dienone is 11. The Hall–Kier alpha value is -4.14. The highest BCUT2D eigenvalue weighted by atomic mass is 32.3. The molecule has 0 aromatic heterocycles. The Labute approximate surface area is 322 Å². The number of carbonyl (C=O) groups excluding carboxylic acids is 3. The molecule has 1 heterocycles.